The van der Waals surface area contributed by atoms with Gasteiger partial charge >= 0.3 is 0 Å². The molecule has 0 N–H and O–H groups in total. The van der Waals surface area contributed by atoms with Gasteiger partial charge in [0, 0.05) is 0 Å². The highest BCUT2D eigenvalue weighted by Gasteiger charge is 2.27. The van der Waals surface area contributed by atoms with Crippen LogP contribution in [0.5, 0.6) is 0 Å². The average molecular weight is 202 g/mol. The summed E-state index contributed by atoms with van der Waals surface area (Å²) in [4.78, 5) is 11.6. The molecule has 0 aromatic heterocycles. The number of ether oxygens (including phenoxy) is 1. The lowest BCUT2D eigenvalue weighted by Crippen LogP contribution is -2.00. The van der Waals surface area contributed by atoms with Crippen molar-refractivity contribution in [1.29, 1.82) is 0 Å². The molecule has 0 spiro atoms. The fourth-order valence-corrected chi connectivity index (χ4v) is 1.64. The van der Waals surface area contributed by atoms with Gasteiger partial charge in [0.2, 0.25) is 5.78 Å². The molecule has 0 amide bonds. The van der Waals surface area contributed by atoms with E-state index in [1.807, 2.05) is 43.3 Å². The van der Waals surface area contributed by atoms with Crippen LogP contribution in [0.2, 0.25) is 0 Å². The summed E-state index contributed by atoms with van der Waals surface area (Å²) in [7, 11) is 0. The number of hydrogen-bond donors (Lipinski definition) is 0. The Hall–Kier alpha value is -1.57. The number of rotatable bonds is 2. The fraction of sp³-hybridized carbons (Fsp3) is 0.308. The Morgan fingerprint density at radius 1 is 1.40 bits per heavy atom. The molecule has 0 aliphatic carbocycles. The standard InChI is InChI=1S/C13H14O2/c1-2-11-9-12(14)13(15-11)8-10-6-4-3-5-7-10/h3-8,11H,2,9H2,1H3/b13-8-/t11-/m0/s1. The van der Waals surface area contributed by atoms with Crippen LogP contribution in [0.3, 0.4) is 0 Å². The van der Waals surface area contributed by atoms with Crippen molar-refractivity contribution in [2.24, 2.45) is 0 Å². The minimum absolute atomic E-state index is 0.0764. The third-order valence-electron chi connectivity index (χ3n) is 2.53. The molecule has 1 aromatic rings. The zero-order chi connectivity index (χ0) is 10.7. The van der Waals surface area contributed by atoms with Crippen LogP contribution in [0.25, 0.3) is 6.08 Å². The molecular formula is C13H14O2. The van der Waals surface area contributed by atoms with Crippen molar-refractivity contribution in [3.63, 3.8) is 0 Å². The third-order valence-corrected chi connectivity index (χ3v) is 2.53. The van der Waals surface area contributed by atoms with E-state index in [4.69, 9.17) is 4.74 Å². The SMILES string of the molecule is CC[C@H]1CC(=O)/C(=C/c2ccccc2)O1. The number of benzene rings is 1. The van der Waals surface area contributed by atoms with Crippen molar-refractivity contribution in [1.82, 2.24) is 0 Å². The predicted molar refractivity (Wildman–Crippen MR) is 59.2 cm³/mol. The minimum Gasteiger partial charge on any atom is -0.486 e. The number of hydrogen-bond acceptors (Lipinski definition) is 2. The molecule has 0 saturated carbocycles. The van der Waals surface area contributed by atoms with Crippen LogP contribution < -0.4 is 0 Å². The first-order valence-corrected chi connectivity index (χ1v) is 5.26. The van der Waals surface area contributed by atoms with Crippen molar-refractivity contribution in [2.45, 2.75) is 25.9 Å². The molecule has 1 aromatic carbocycles. The predicted octanol–water partition coefficient (Wildman–Crippen LogP) is 2.80. The van der Waals surface area contributed by atoms with Gasteiger partial charge in [-0.15, -0.1) is 0 Å². The van der Waals surface area contributed by atoms with Gasteiger partial charge < -0.3 is 4.74 Å². The summed E-state index contributed by atoms with van der Waals surface area (Å²) in [6, 6.07) is 9.77. The molecule has 78 valence electrons. The molecule has 1 saturated heterocycles. The Labute approximate surface area is 89.6 Å². The topological polar surface area (TPSA) is 26.3 Å². The maximum Gasteiger partial charge on any atom is 0.201 e. The molecule has 15 heavy (non-hydrogen) atoms. The molecule has 2 heteroatoms. The van der Waals surface area contributed by atoms with Gasteiger partial charge in [0.05, 0.1) is 6.42 Å². The van der Waals surface area contributed by atoms with Crippen molar-refractivity contribution >= 4 is 11.9 Å². The summed E-state index contributed by atoms with van der Waals surface area (Å²) >= 11 is 0. The van der Waals surface area contributed by atoms with Crippen LogP contribution in [0.15, 0.2) is 36.1 Å². The smallest absolute Gasteiger partial charge is 0.201 e. The molecule has 1 heterocycles. The maximum absolute atomic E-state index is 11.6. The van der Waals surface area contributed by atoms with E-state index in [0.717, 1.165) is 12.0 Å². The van der Waals surface area contributed by atoms with Crippen LogP contribution in [0, 0.1) is 0 Å². The van der Waals surface area contributed by atoms with Crippen LogP contribution in [-0.2, 0) is 9.53 Å². The quantitative estimate of drug-likeness (QED) is 0.689. The normalized spacial score (nSPS) is 23.1. The van der Waals surface area contributed by atoms with E-state index in [1.165, 1.54) is 0 Å². The van der Waals surface area contributed by atoms with Gasteiger partial charge in [-0.2, -0.15) is 0 Å². The molecule has 2 nitrogen and oxygen atoms in total. The molecule has 0 bridgehead atoms. The average Bonchev–Trinajstić information content (AvgIpc) is 2.61. The van der Waals surface area contributed by atoms with Crippen LogP contribution in [-0.4, -0.2) is 11.9 Å². The van der Waals surface area contributed by atoms with Gasteiger partial charge in [-0.3, -0.25) is 4.79 Å². The number of allylic oxidation sites excluding steroid dienone is 1. The number of carbonyl (C=O) groups excluding carboxylic acids is 1. The van der Waals surface area contributed by atoms with Crippen molar-refractivity contribution < 1.29 is 9.53 Å². The maximum atomic E-state index is 11.6. The van der Waals surface area contributed by atoms with Crippen LogP contribution in [0.1, 0.15) is 25.3 Å². The van der Waals surface area contributed by atoms with Crippen LogP contribution >= 0.6 is 0 Å². The Bertz CT molecular complexity index is 379. The zero-order valence-corrected chi connectivity index (χ0v) is 8.77. The Kier molecular flexibility index (Phi) is 2.86. The molecule has 1 atom stereocenters. The zero-order valence-electron chi connectivity index (χ0n) is 8.77. The lowest BCUT2D eigenvalue weighted by atomic mass is 10.1. The molecule has 1 fully saturated rings. The lowest BCUT2D eigenvalue weighted by molar-refractivity contribution is -0.115. The van der Waals surface area contributed by atoms with Crippen molar-refractivity contribution in [3.05, 3.63) is 41.7 Å². The molecule has 0 radical (unpaired) electrons. The summed E-state index contributed by atoms with van der Waals surface area (Å²) in [5, 5.41) is 0. The summed E-state index contributed by atoms with van der Waals surface area (Å²) in [5.74, 6) is 0.624. The molecule has 1 aliphatic heterocycles. The largest absolute Gasteiger partial charge is 0.486 e. The van der Waals surface area contributed by atoms with Gasteiger partial charge in [0.1, 0.15) is 6.10 Å². The van der Waals surface area contributed by atoms with E-state index in [1.54, 1.807) is 0 Å². The minimum atomic E-state index is 0.0764. The second kappa shape index (κ2) is 4.30. The van der Waals surface area contributed by atoms with E-state index in [9.17, 15) is 4.79 Å². The third kappa shape index (κ3) is 2.27. The molecular weight excluding hydrogens is 188 g/mol. The van der Waals surface area contributed by atoms with Gasteiger partial charge in [-0.1, -0.05) is 37.3 Å². The first-order chi connectivity index (χ1) is 7.29. The first-order valence-electron chi connectivity index (χ1n) is 5.26. The summed E-state index contributed by atoms with van der Waals surface area (Å²) in [6.07, 6.45) is 3.30. The highest BCUT2D eigenvalue weighted by Crippen LogP contribution is 2.23. The van der Waals surface area contributed by atoms with E-state index in [-0.39, 0.29) is 11.9 Å². The lowest BCUT2D eigenvalue weighted by Gasteiger charge is -2.04. The van der Waals surface area contributed by atoms with Gasteiger partial charge in [0.25, 0.3) is 0 Å². The summed E-state index contributed by atoms with van der Waals surface area (Å²) < 4.78 is 5.54. The first kappa shape index (κ1) is 9.97. The van der Waals surface area contributed by atoms with E-state index in [0.29, 0.717) is 12.2 Å². The summed E-state index contributed by atoms with van der Waals surface area (Å²) in [6.45, 7) is 2.03. The van der Waals surface area contributed by atoms with Crippen LogP contribution in [0.4, 0.5) is 0 Å². The number of ketones is 1. The molecule has 0 unspecified atom stereocenters. The fourth-order valence-electron chi connectivity index (χ4n) is 1.64. The molecule has 2 rings (SSSR count). The van der Waals surface area contributed by atoms with Crippen molar-refractivity contribution in [3.8, 4) is 0 Å². The monoisotopic (exact) mass is 202 g/mol. The number of carbonyl (C=O) groups is 1. The van der Waals surface area contributed by atoms with Gasteiger partial charge in [0.15, 0.2) is 5.76 Å². The summed E-state index contributed by atoms with van der Waals surface area (Å²) in [5.41, 5.74) is 1.01. The Morgan fingerprint density at radius 2 is 2.13 bits per heavy atom. The second-order valence-corrected chi connectivity index (χ2v) is 3.69. The van der Waals surface area contributed by atoms with Gasteiger partial charge in [-0.05, 0) is 18.1 Å². The Morgan fingerprint density at radius 3 is 2.73 bits per heavy atom. The Balaban J connectivity index is 2.18. The van der Waals surface area contributed by atoms with Crippen molar-refractivity contribution in [2.75, 3.05) is 0 Å². The molecule has 1 aliphatic rings. The van der Waals surface area contributed by atoms with E-state index >= 15 is 0 Å². The second-order valence-electron chi connectivity index (χ2n) is 3.69. The highest BCUT2D eigenvalue weighted by atomic mass is 16.5. The van der Waals surface area contributed by atoms with Gasteiger partial charge in [-0.25, -0.2) is 0 Å². The van der Waals surface area contributed by atoms with E-state index in [2.05, 4.69) is 0 Å². The number of Topliss-reactive ketones (excluding diaryl/α,β-unsaturated/α-hetero) is 1. The van der Waals surface area contributed by atoms with E-state index < -0.39 is 0 Å². The highest BCUT2D eigenvalue weighted by molar-refractivity contribution is 5.99.